The van der Waals surface area contributed by atoms with Crippen molar-refractivity contribution in [2.45, 2.75) is 38.5 Å². The maximum atomic E-state index is 12.5. The van der Waals surface area contributed by atoms with E-state index >= 15 is 0 Å². The number of thiazole rings is 1. The minimum absolute atomic E-state index is 0.100. The highest BCUT2D eigenvalue weighted by atomic mass is 32.1. The van der Waals surface area contributed by atoms with Gasteiger partial charge in [-0.3, -0.25) is 9.59 Å². The molecule has 2 amide bonds. The van der Waals surface area contributed by atoms with Gasteiger partial charge in [-0.05, 0) is 32.9 Å². The Morgan fingerprint density at radius 2 is 1.94 bits per heavy atom. The summed E-state index contributed by atoms with van der Waals surface area (Å²) in [6.07, 6.45) is 5.54. The fourth-order valence-electron chi connectivity index (χ4n) is 4.27. The number of morpholine rings is 1. The molecule has 11 nitrogen and oxygen atoms in total. The quantitative estimate of drug-likeness (QED) is 0.495. The zero-order valence-electron chi connectivity index (χ0n) is 20.4. The van der Waals surface area contributed by atoms with Crippen molar-refractivity contribution >= 4 is 34.2 Å². The van der Waals surface area contributed by atoms with Gasteiger partial charge in [0, 0.05) is 37.1 Å². The lowest BCUT2D eigenvalue weighted by molar-refractivity contribution is -0.115. The first-order valence-electron chi connectivity index (χ1n) is 11.8. The summed E-state index contributed by atoms with van der Waals surface area (Å²) in [7, 11) is 0. The second-order valence-corrected chi connectivity index (χ2v) is 10.3. The van der Waals surface area contributed by atoms with Crippen LogP contribution in [0.4, 0.5) is 11.1 Å². The van der Waals surface area contributed by atoms with Crippen LogP contribution in [-0.4, -0.2) is 76.4 Å². The van der Waals surface area contributed by atoms with Crippen LogP contribution in [-0.2, 0) is 19.8 Å². The van der Waals surface area contributed by atoms with Gasteiger partial charge >= 0.3 is 0 Å². The minimum Gasteiger partial charge on any atom is -0.376 e. The molecule has 0 bridgehead atoms. The first kappa shape index (κ1) is 24.3. The normalized spacial score (nSPS) is 21.0. The lowest BCUT2D eigenvalue weighted by Gasteiger charge is -2.39. The summed E-state index contributed by atoms with van der Waals surface area (Å²) in [5.41, 5.74) is 1.69. The Bertz CT molecular complexity index is 1240. The summed E-state index contributed by atoms with van der Waals surface area (Å²) in [4.78, 5) is 40.6. The summed E-state index contributed by atoms with van der Waals surface area (Å²) < 4.78 is 13.0. The Balaban J connectivity index is 1.16. The topological polar surface area (TPSA) is 124 Å². The van der Waals surface area contributed by atoms with Crippen molar-refractivity contribution in [3.63, 3.8) is 0 Å². The molecule has 0 saturated carbocycles. The number of hydrogen-bond donors (Lipinski definition) is 2. The molecule has 0 spiro atoms. The number of aromatic nitrogens is 4. The van der Waals surface area contributed by atoms with Crippen molar-refractivity contribution in [2.24, 2.45) is 0 Å². The number of ether oxygens (including phenoxy) is 2. The van der Waals surface area contributed by atoms with E-state index in [0.717, 1.165) is 13.1 Å². The molecular weight excluding hydrogens is 482 g/mol. The molecule has 2 aliphatic rings. The van der Waals surface area contributed by atoms with E-state index < -0.39 is 0 Å². The predicted octanol–water partition coefficient (Wildman–Crippen LogP) is 2.13. The highest BCUT2D eigenvalue weighted by Crippen LogP contribution is 2.27. The van der Waals surface area contributed by atoms with Gasteiger partial charge in [-0.25, -0.2) is 15.0 Å². The molecule has 2 N–H and O–H groups in total. The number of nitrogens with one attached hydrogen (secondary N) is 2. The monoisotopic (exact) mass is 511 g/mol. The van der Waals surface area contributed by atoms with E-state index in [1.807, 2.05) is 30.0 Å². The van der Waals surface area contributed by atoms with E-state index in [1.165, 1.54) is 11.3 Å². The molecule has 0 radical (unpaired) electrons. The molecule has 0 aromatic carbocycles. The summed E-state index contributed by atoms with van der Waals surface area (Å²) in [5, 5.41) is 7.66. The van der Waals surface area contributed by atoms with Crippen LogP contribution in [0.1, 0.15) is 31.1 Å². The number of nitrogens with zero attached hydrogens (tertiary/aromatic N) is 5. The number of amides is 2. The summed E-state index contributed by atoms with van der Waals surface area (Å²) >= 11 is 1.30. The second kappa shape index (κ2) is 9.96. The van der Waals surface area contributed by atoms with Gasteiger partial charge in [-0.2, -0.15) is 0 Å². The average Bonchev–Trinajstić information content (AvgIpc) is 3.51. The highest BCUT2D eigenvalue weighted by Gasteiger charge is 2.35. The largest absolute Gasteiger partial charge is 0.376 e. The number of rotatable bonds is 7. The summed E-state index contributed by atoms with van der Waals surface area (Å²) in [6, 6.07) is 3.53. The maximum Gasteiger partial charge on any atom is 0.253 e. The molecule has 36 heavy (non-hydrogen) atoms. The van der Waals surface area contributed by atoms with Gasteiger partial charge in [-0.15, -0.1) is 11.3 Å². The Kier molecular flexibility index (Phi) is 6.73. The smallest absolute Gasteiger partial charge is 0.253 e. The van der Waals surface area contributed by atoms with Crippen LogP contribution in [0.15, 0.2) is 36.1 Å². The Labute approximate surface area is 212 Å². The third-order valence-corrected chi connectivity index (χ3v) is 6.93. The molecule has 2 atom stereocenters. The Morgan fingerprint density at radius 1 is 1.17 bits per heavy atom. The van der Waals surface area contributed by atoms with Crippen LogP contribution in [0.2, 0.25) is 0 Å². The fourth-order valence-corrected chi connectivity index (χ4v) is 4.99. The standard InChI is InChI=1S/C24H29N7O4S/c1-15-9-30(10-16(2)35-15)22-25-6-4-18(27-22)19-12-36-23(28-19)29-20(32)8-26-21(33)17-5-7-31(11-17)24(3)13-34-14-24/h4-7,11-12,15-16H,8-10,13-14H2,1-3H3,(H,26,33)(H,28,29,32)/t15-,16+. The molecule has 2 fully saturated rings. The SMILES string of the molecule is C[C@@H]1CN(c2nccc(-c3csc(NC(=O)CNC(=O)c4ccn(C5(C)COC5)c4)n3)n2)C[C@H](C)O1. The molecular formula is C24H29N7O4S. The van der Waals surface area contributed by atoms with Crippen molar-refractivity contribution < 1.29 is 19.1 Å². The molecule has 0 aliphatic carbocycles. The molecule has 12 heteroatoms. The molecule has 3 aromatic rings. The second-order valence-electron chi connectivity index (χ2n) is 9.47. The number of carbonyl (C=O) groups excluding carboxylic acids is 2. The van der Waals surface area contributed by atoms with Crippen molar-refractivity contribution in [1.82, 2.24) is 24.8 Å². The van der Waals surface area contributed by atoms with E-state index in [0.29, 0.717) is 41.2 Å². The zero-order valence-corrected chi connectivity index (χ0v) is 21.2. The van der Waals surface area contributed by atoms with Crippen molar-refractivity contribution in [3.8, 4) is 11.4 Å². The van der Waals surface area contributed by atoms with E-state index in [1.54, 1.807) is 24.5 Å². The molecule has 3 aromatic heterocycles. The van der Waals surface area contributed by atoms with E-state index in [4.69, 9.17) is 9.47 Å². The van der Waals surface area contributed by atoms with Crippen LogP contribution in [0.5, 0.6) is 0 Å². The van der Waals surface area contributed by atoms with Gasteiger partial charge in [-0.1, -0.05) is 0 Å². The van der Waals surface area contributed by atoms with Crippen molar-refractivity contribution in [1.29, 1.82) is 0 Å². The first-order valence-corrected chi connectivity index (χ1v) is 12.7. The Hall–Kier alpha value is -3.35. The third kappa shape index (κ3) is 5.25. The van der Waals surface area contributed by atoms with Gasteiger partial charge in [0.15, 0.2) is 5.13 Å². The molecule has 2 saturated heterocycles. The first-order chi connectivity index (χ1) is 17.3. The zero-order chi connectivity index (χ0) is 25.3. The number of hydrogen-bond acceptors (Lipinski definition) is 9. The Morgan fingerprint density at radius 3 is 2.67 bits per heavy atom. The third-order valence-electron chi connectivity index (χ3n) is 6.17. The van der Waals surface area contributed by atoms with Gasteiger partial charge in [0.1, 0.15) is 5.69 Å². The van der Waals surface area contributed by atoms with Gasteiger partial charge in [0.25, 0.3) is 5.91 Å². The predicted molar refractivity (Wildman–Crippen MR) is 135 cm³/mol. The van der Waals surface area contributed by atoms with Crippen LogP contribution in [0.25, 0.3) is 11.4 Å². The fraction of sp³-hybridized carbons (Fsp3) is 0.458. The number of anilines is 2. The molecule has 190 valence electrons. The van der Waals surface area contributed by atoms with E-state index in [2.05, 4.69) is 37.4 Å². The maximum absolute atomic E-state index is 12.5. The van der Waals surface area contributed by atoms with Crippen molar-refractivity contribution in [2.75, 3.05) is 43.1 Å². The molecule has 0 unspecified atom stereocenters. The van der Waals surface area contributed by atoms with Crippen molar-refractivity contribution in [3.05, 3.63) is 41.7 Å². The molecule has 5 heterocycles. The highest BCUT2D eigenvalue weighted by molar-refractivity contribution is 7.14. The summed E-state index contributed by atoms with van der Waals surface area (Å²) in [5.74, 6) is -0.0426. The number of carbonyl (C=O) groups is 2. The van der Waals surface area contributed by atoms with Crippen LogP contribution >= 0.6 is 11.3 Å². The van der Waals surface area contributed by atoms with E-state index in [-0.39, 0.29) is 36.1 Å². The average molecular weight is 512 g/mol. The van der Waals surface area contributed by atoms with E-state index in [9.17, 15) is 9.59 Å². The molecule has 2 aliphatic heterocycles. The van der Waals surface area contributed by atoms with Gasteiger partial charge < -0.3 is 29.6 Å². The van der Waals surface area contributed by atoms with Gasteiger partial charge in [0.2, 0.25) is 11.9 Å². The van der Waals surface area contributed by atoms with Crippen LogP contribution in [0, 0.1) is 0 Å². The van der Waals surface area contributed by atoms with Gasteiger partial charge in [0.05, 0.1) is 48.8 Å². The van der Waals surface area contributed by atoms with Crippen LogP contribution < -0.4 is 15.5 Å². The lowest BCUT2D eigenvalue weighted by atomic mass is 10.0. The lowest BCUT2D eigenvalue weighted by Crippen LogP contribution is -2.48. The van der Waals surface area contributed by atoms with Crippen LogP contribution in [0.3, 0.4) is 0 Å². The molecule has 5 rings (SSSR count). The minimum atomic E-state index is -0.359. The summed E-state index contributed by atoms with van der Waals surface area (Å²) in [6.45, 7) is 8.64.